The summed E-state index contributed by atoms with van der Waals surface area (Å²) < 4.78 is 2.05. The van der Waals surface area contributed by atoms with Crippen LogP contribution in [0, 0.1) is 22.7 Å². The SMILES string of the molecule is CCn1c(CNC(N)=O)nc(C2CC2)c1Sc1cc(C#N)cc(C#N)c1. The smallest absolute Gasteiger partial charge is 0.312 e. The van der Waals surface area contributed by atoms with Crippen LogP contribution in [0.15, 0.2) is 28.1 Å². The first-order chi connectivity index (χ1) is 12.5. The molecule has 0 atom stereocenters. The summed E-state index contributed by atoms with van der Waals surface area (Å²) in [4.78, 5) is 16.6. The summed E-state index contributed by atoms with van der Waals surface area (Å²) in [6, 6.07) is 8.73. The van der Waals surface area contributed by atoms with E-state index in [1.165, 1.54) is 11.8 Å². The van der Waals surface area contributed by atoms with Crippen LogP contribution >= 0.6 is 11.8 Å². The van der Waals surface area contributed by atoms with Crippen molar-refractivity contribution in [2.75, 3.05) is 0 Å². The number of nitrogens with two attached hydrogens (primary N) is 1. The highest BCUT2D eigenvalue weighted by atomic mass is 32.2. The van der Waals surface area contributed by atoms with E-state index in [9.17, 15) is 15.3 Å². The minimum atomic E-state index is -0.585. The number of aromatic nitrogens is 2. The van der Waals surface area contributed by atoms with Gasteiger partial charge in [0.1, 0.15) is 10.9 Å². The summed E-state index contributed by atoms with van der Waals surface area (Å²) in [5.74, 6) is 1.18. The van der Waals surface area contributed by atoms with E-state index in [1.54, 1.807) is 18.2 Å². The van der Waals surface area contributed by atoms with E-state index in [1.807, 2.05) is 6.92 Å². The molecule has 26 heavy (non-hydrogen) atoms. The van der Waals surface area contributed by atoms with E-state index in [-0.39, 0.29) is 6.54 Å². The van der Waals surface area contributed by atoms with Crippen molar-refractivity contribution >= 4 is 17.8 Å². The van der Waals surface area contributed by atoms with Gasteiger partial charge in [-0.25, -0.2) is 9.78 Å². The van der Waals surface area contributed by atoms with E-state index in [2.05, 4.69) is 22.0 Å². The molecule has 2 amide bonds. The third-order valence-corrected chi connectivity index (χ3v) is 5.20. The zero-order valence-electron chi connectivity index (χ0n) is 14.3. The second-order valence-corrected chi connectivity index (χ2v) is 7.09. The van der Waals surface area contributed by atoms with Gasteiger partial charge < -0.3 is 15.6 Å². The van der Waals surface area contributed by atoms with Gasteiger partial charge in [-0.3, -0.25) is 0 Å². The van der Waals surface area contributed by atoms with Gasteiger partial charge in [0.15, 0.2) is 0 Å². The lowest BCUT2D eigenvalue weighted by Crippen LogP contribution is -2.29. The standard InChI is InChI=1S/C18H18N6OS/c1-2-24-15(10-22-18(21)25)23-16(13-3-4-13)17(24)26-14-6-11(8-19)5-12(7-14)9-20/h5-7,13H,2-4,10H2,1H3,(H3,21,22,25). The fourth-order valence-electron chi connectivity index (χ4n) is 2.76. The molecule has 0 unspecified atom stereocenters. The molecule has 0 bridgehead atoms. The lowest BCUT2D eigenvalue weighted by molar-refractivity contribution is 0.248. The van der Waals surface area contributed by atoms with Crippen LogP contribution in [-0.2, 0) is 13.1 Å². The van der Waals surface area contributed by atoms with Gasteiger partial charge in [-0.2, -0.15) is 10.5 Å². The highest BCUT2D eigenvalue weighted by Gasteiger charge is 2.31. The molecule has 3 N–H and O–H groups in total. The van der Waals surface area contributed by atoms with Crippen LogP contribution in [0.1, 0.15) is 48.3 Å². The summed E-state index contributed by atoms with van der Waals surface area (Å²) in [7, 11) is 0. The highest BCUT2D eigenvalue weighted by Crippen LogP contribution is 2.45. The molecule has 0 spiro atoms. The topological polar surface area (TPSA) is 121 Å². The van der Waals surface area contributed by atoms with E-state index >= 15 is 0 Å². The second-order valence-electron chi connectivity index (χ2n) is 6.03. The second kappa shape index (κ2) is 7.51. The molecule has 0 radical (unpaired) electrons. The van der Waals surface area contributed by atoms with Gasteiger partial charge in [0.2, 0.25) is 0 Å². The summed E-state index contributed by atoms with van der Waals surface area (Å²) in [5.41, 5.74) is 7.11. The van der Waals surface area contributed by atoms with Crippen molar-refractivity contribution in [2.24, 2.45) is 5.73 Å². The predicted molar refractivity (Wildman–Crippen MR) is 96.3 cm³/mol. The molecule has 1 heterocycles. The Kier molecular flexibility index (Phi) is 5.15. The maximum absolute atomic E-state index is 11.0. The Morgan fingerprint density at radius 3 is 2.50 bits per heavy atom. The Labute approximate surface area is 155 Å². The number of nitrogens with one attached hydrogen (secondary N) is 1. The largest absolute Gasteiger partial charge is 0.352 e. The van der Waals surface area contributed by atoms with Crippen molar-refractivity contribution < 1.29 is 4.79 Å². The molecular formula is C18H18N6OS. The van der Waals surface area contributed by atoms with Crippen LogP contribution in [0.2, 0.25) is 0 Å². The molecule has 1 saturated carbocycles. The molecule has 7 nitrogen and oxygen atoms in total. The zero-order chi connectivity index (χ0) is 18.7. The predicted octanol–water partition coefficient (Wildman–Crippen LogP) is 2.84. The van der Waals surface area contributed by atoms with Gasteiger partial charge in [0.25, 0.3) is 0 Å². The molecule has 2 aromatic rings. The lowest BCUT2D eigenvalue weighted by atomic mass is 10.1. The zero-order valence-corrected chi connectivity index (χ0v) is 15.1. The molecular weight excluding hydrogens is 348 g/mol. The minimum Gasteiger partial charge on any atom is -0.352 e. The number of carbonyl (C=O) groups excluding carboxylic acids is 1. The van der Waals surface area contributed by atoms with E-state index in [4.69, 9.17) is 10.7 Å². The van der Waals surface area contributed by atoms with Gasteiger partial charge >= 0.3 is 6.03 Å². The first-order valence-electron chi connectivity index (χ1n) is 8.31. The number of primary amides is 1. The van der Waals surface area contributed by atoms with Crippen molar-refractivity contribution in [3.05, 3.63) is 40.8 Å². The molecule has 1 fully saturated rings. The number of amides is 2. The Morgan fingerprint density at radius 1 is 1.35 bits per heavy atom. The van der Waals surface area contributed by atoms with Crippen molar-refractivity contribution in [3.63, 3.8) is 0 Å². The van der Waals surface area contributed by atoms with E-state index in [0.29, 0.717) is 23.6 Å². The quantitative estimate of drug-likeness (QED) is 0.814. The van der Waals surface area contributed by atoms with Crippen molar-refractivity contribution in [2.45, 2.75) is 48.7 Å². The summed E-state index contributed by atoms with van der Waals surface area (Å²) in [5, 5.41) is 22.0. The lowest BCUT2D eigenvalue weighted by Gasteiger charge is -2.11. The Hall–Kier alpha value is -2.97. The molecule has 0 saturated heterocycles. The molecule has 1 aliphatic rings. The number of hydrogen-bond acceptors (Lipinski definition) is 5. The van der Waals surface area contributed by atoms with Crippen LogP contribution in [-0.4, -0.2) is 15.6 Å². The maximum Gasteiger partial charge on any atom is 0.312 e. The van der Waals surface area contributed by atoms with Gasteiger partial charge in [-0.15, -0.1) is 0 Å². The van der Waals surface area contributed by atoms with Crippen molar-refractivity contribution in [1.82, 2.24) is 14.9 Å². The number of urea groups is 1. The Bertz CT molecular complexity index is 900. The van der Waals surface area contributed by atoms with Gasteiger partial charge in [-0.05, 0) is 38.0 Å². The molecule has 1 aromatic heterocycles. The fourth-order valence-corrected chi connectivity index (χ4v) is 4.02. The number of nitrogens with zero attached hydrogens (tertiary/aromatic N) is 4. The minimum absolute atomic E-state index is 0.269. The van der Waals surface area contributed by atoms with E-state index in [0.717, 1.165) is 34.3 Å². The number of benzene rings is 1. The number of carbonyl (C=O) groups is 1. The van der Waals surface area contributed by atoms with Crippen LogP contribution in [0.3, 0.4) is 0 Å². The normalized spacial score (nSPS) is 13.0. The van der Waals surface area contributed by atoms with Crippen LogP contribution in [0.5, 0.6) is 0 Å². The van der Waals surface area contributed by atoms with E-state index < -0.39 is 6.03 Å². The maximum atomic E-state index is 11.0. The third-order valence-electron chi connectivity index (χ3n) is 4.11. The summed E-state index contributed by atoms with van der Waals surface area (Å²) in [6.45, 7) is 2.98. The summed E-state index contributed by atoms with van der Waals surface area (Å²) in [6.07, 6.45) is 2.19. The first-order valence-corrected chi connectivity index (χ1v) is 9.13. The first kappa shape index (κ1) is 17.8. The van der Waals surface area contributed by atoms with Gasteiger partial charge in [0, 0.05) is 17.4 Å². The average molecular weight is 366 g/mol. The molecule has 1 aliphatic carbocycles. The molecule has 132 valence electrons. The van der Waals surface area contributed by atoms with Crippen LogP contribution in [0.25, 0.3) is 0 Å². The molecule has 3 rings (SSSR count). The van der Waals surface area contributed by atoms with Crippen molar-refractivity contribution in [3.8, 4) is 12.1 Å². The molecule has 1 aromatic carbocycles. The van der Waals surface area contributed by atoms with Crippen molar-refractivity contribution in [1.29, 1.82) is 10.5 Å². The highest BCUT2D eigenvalue weighted by molar-refractivity contribution is 7.99. The third kappa shape index (κ3) is 3.81. The number of imidazole rings is 1. The molecule has 0 aliphatic heterocycles. The van der Waals surface area contributed by atoms with Gasteiger partial charge in [-0.1, -0.05) is 11.8 Å². The number of hydrogen-bond donors (Lipinski definition) is 2. The Balaban J connectivity index is 2.00. The summed E-state index contributed by atoms with van der Waals surface area (Å²) >= 11 is 1.50. The fraction of sp³-hybridized carbons (Fsp3) is 0.333. The molecule has 8 heteroatoms. The number of nitriles is 2. The average Bonchev–Trinajstić information content (AvgIpc) is 3.42. The van der Waals surface area contributed by atoms with Crippen LogP contribution < -0.4 is 11.1 Å². The Morgan fingerprint density at radius 2 is 2.00 bits per heavy atom. The van der Waals surface area contributed by atoms with Crippen LogP contribution in [0.4, 0.5) is 4.79 Å². The number of rotatable bonds is 6. The monoisotopic (exact) mass is 366 g/mol. The van der Waals surface area contributed by atoms with Gasteiger partial charge in [0.05, 0.1) is 35.5 Å².